The highest BCUT2D eigenvalue weighted by Crippen LogP contribution is 2.20. The summed E-state index contributed by atoms with van der Waals surface area (Å²) in [5.41, 5.74) is 0.569. The summed E-state index contributed by atoms with van der Waals surface area (Å²) in [5.74, 6) is 0.802. The average Bonchev–Trinajstić information content (AvgIpc) is 2.87. The van der Waals surface area contributed by atoms with Crippen LogP contribution in [0.4, 0.5) is 0 Å². The normalized spacial score (nSPS) is 10.8. The van der Waals surface area contributed by atoms with Crippen LogP contribution in [-0.2, 0) is 6.61 Å². The second kappa shape index (κ2) is 5.30. The average molecular weight is 384 g/mol. The molecule has 19 heavy (non-hydrogen) atoms. The van der Waals surface area contributed by atoms with Crippen molar-refractivity contribution in [3.05, 3.63) is 61.5 Å². The van der Waals surface area contributed by atoms with Crippen LogP contribution >= 0.6 is 33.9 Å². The van der Waals surface area contributed by atoms with Crippen LogP contribution in [-0.4, -0.2) is 9.38 Å². The zero-order chi connectivity index (χ0) is 13.2. The number of aromatic nitrogens is 2. The van der Waals surface area contributed by atoms with Crippen LogP contribution in [0.1, 0.15) is 5.69 Å². The minimum Gasteiger partial charge on any atom is -0.486 e. The van der Waals surface area contributed by atoms with Gasteiger partial charge in [0.2, 0.25) is 0 Å². The van der Waals surface area contributed by atoms with Crippen LogP contribution in [0.3, 0.4) is 0 Å². The summed E-state index contributed by atoms with van der Waals surface area (Å²) >= 11 is 3.65. The van der Waals surface area contributed by atoms with Crippen molar-refractivity contribution < 1.29 is 4.74 Å². The van der Waals surface area contributed by atoms with Gasteiger partial charge in [-0.05, 0) is 34.7 Å². The van der Waals surface area contributed by atoms with E-state index in [9.17, 15) is 4.79 Å². The molecule has 0 N–H and O–H groups in total. The van der Waals surface area contributed by atoms with Crippen LogP contribution in [0.15, 0.2) is 46.7 Å². The molecule has 2 heterocycles. The molecule has 0 unspecified atom stereocenters. The van der Waals surface area contributed by atoms with Crippen molar-refractivity contribution in [2.75, 3.05) is 0 Å². The van der Waals surface area contributed by atoms with Gasteiger partial charge in [-0.15, -0.1) is 11.3 Å². The van der Waals surface area contributed by atoms with Crippen molar-refractivity contribution in [2.45, 2.75) is 6.61 Å². The molecular weight excluding hydrogens is 375 g/mol. The van der Waals surface area contributed by atoms with Crippen molar-refractivity contribution >= 4 is 38.9 Å². The molecule has 6 heteroatoms. The Bertz CT molecular complexity index is 781. The van der Waals surface area contributed by atoms with Crippen molar-refractivity contribution in [3.8, 4) is 5.75 Å². The molecule has 2 aromatic heterocycles. The number of rotatable bonds is 3. The number of benzene rings is 1. The van der Waals surface area contributed by atoms with Crippen molar-refractivity contribution in [1.82, 2.24) is 9.38 Å². The summed E-state index contributed by atoms with van der Waals surface area (Å²) in [6, 6.07) is 9.26. The molecule has 0 bridgehead atoms. The number of hydrogen-bond acceptors (Lipinski definition) is 4. The number of nitrogens with zero attached hydrogens (tertiary/aromatic N) is 2. The number of fused-ring (bicyclic) bond motifs is 1. The lowest BCUT2D eigenvalue weighted by Gasteiger charge is -2.07. The highest BCUT2D eigenvalue weighted by Gasteiger charge is 2.05. The lowest BCUT2D eigenvalue weighted by molar-refractivity contribution is 0.299. The summed E-state index contributed by atoms with van der Waals surface area (Å²) in [6.07, 6.45) is 1.72. The van der Waals surface area contributed by atoms with Crippen LogP contribution in [0.5, 0.6) is 5.75 Å². The summed E-state index contributed by atoms with van der Waals surface area (Å²) in [5, 5.41) is 1.84. The van der Waals surface area contributed by atoms with Crippen molar-refractivity contribution in [3.63, 3.8) is 0 Å². The second-order valence-electron chi connectivity index (χ2n) is 3.86. The van der Waals surface area contributed by atoms with Crippen molar-refractivity contribution in [1.29, 1.82) is 0 Å². The predicted octanol–water partition coefficient (Wildman–Crippen LogP) is 2.94. The van der Waals surface area contributed by atoms with Gasteiger partial charge in [0.25, 0.3) is 5.56 Å². The van der Waals surface area contributed by atoms with Crippen LogP contribution in [0.25, 0.3) is 4.96 Å². The fraction of sp³-hybridized carbons (Fsp3) is 0.0769. The Labute approximate surface area is 126 Å². The first-order valence-corrected chi connectivity index (χ1v) is 7.53. The standard InChI is InChI=1S/C13H9IN2O2S/c14-10-3-1-2-4-11(10)18-8-9-7-12(17)16-5-6-19-13(16)15-9/h1-7H,8H2. The maximum Gasteiger partial charge on any atom is 0.258 e. The number of para-hydroxylation sites is 1. The van der Waals surface area contributed by atoms with Crippen molar-refractivity contribution in [2.24, 2.45) is 0 Å². The van der Waals surface area contributed by atoms with Gasteiger partial charge in [-0.3, -0.25) is 9.20 Å². The summed E-state index contributed by atoms with van der Waals surface area (Å²) < 4.78 is 8.25. The molecule has 0 spiro atoms. The lowest BCUT2D eigenvalue weighted by atomic mass is 10.3. The second-order valence-corrected chi connectivity index (χ2v) is 5.90. The molecule has 1 aromatic carbocycles. The van der Waals surface area contributed by atoms with E-state index < -0.39 is 0 Å². The third kappa shape index (κ3) is 2.64. The minimum atomic E-state index is -0.0763. The van der Waals surface area contributed by atoms with Crippen LogP contribution < -0.4 is 10.3 Å². The maximum absolute atomic E-state index is 11.8. The molecule has 0 saturated heterocycles. The first-order chi connectivity index (χ1) is 9.24. The van der Waals surface area contributed by atoms with Gasteiger partial charge in [-0.2, -0.15) is 0 Å². The molecule has 0 saturated carbocycles. The number of halogens is 1. The van der Waals surface area contributed by atoms with Crippen LogP contribution in [0, 0.1) is 3.57 Å². The highest BCUT2D eigenvalue weighted by atomic mass is 127. The van der Waals surface area contributed by atoms with Gasteiger partial charge in [0.15, 0.2) is 4.96 Å². The maximum atomic E-state index is 11.8. The molecule has 0 aliphatic rings. The Hall–Kier alpha value is -1.41. The summed E-state index contributed by atoms with van der Waals surface area (Å²) in [6.45, 7) is 0.295. The zero-order valence-corrected chi connectivity index (χ0v) is 12.7. The molecule has 0 amide bonds. The highest BCUT2D eigenvalue weighted by molar-refractivity contribution is 14.1. The third-order valence-corrected chi connectivity index (χ3v) is 4.22. The monoisotopic (exact) mass is 384 g/mol. The first-order valence-electron chi connectivity index (χ1n) is 5.57. The zero-order valence-electron chi connectivity index (χ0n) is 9.75. The van der Waals surface area contributed by atoms with Gasteiger partial charge in [-0.25, -0.2) is 4.98 Å². The van der Waals surface area contributed by atoms with Gasteiger partial charge in [0, 0.05) is 17.6 Å². The quantitative estimate of drug-likeness (QED) is 0.653. The molecule has 3 rings (SSSR count). The fourth-order valence-corrected chi connectivity index (χ4v) is 2.96. The Balaban J connectivity index is 1.86. The summed E-state index contributed by atoms with van der Waals surface area (Å²) in [7, 11) is 0. The molecule has 0 fully saturated rings. The van der Waals surface area contributed by atoms with E-state index in [1.165, 1.54) is 21.8 Å². The van der Waals surface area contributed by atoms with Gasteiger partial charge < -0.3 is 4.74 Å². The van der Waals surface area contributed by atoms with Gasteiger partial charge in [0.05, 0.1) is 9.26 Å². The first kappa shape index (κ1) is 12.6. The van der Waals surface area contributed by atoms with E-state index in [4.69, 9.17) is 4.74 Å². The molecule has 0 aliphatic heterocycles. The number of ether oxygens (including phenoxy) is 1. The van der Waals surface area contributed by atoms with Gasteiger partial charge >= 0.3 is 0 Å². The van der Waals surface area contributed by atoms with E-state index >= 15 is 0 Å². The largest absolute Gasteiger partial charge is 0.486 e. The predicted molar refractivity (Wildman–Crippen MR) is 82.8 cm³/mol. The Kier molecular flexibility index (Phi) is 3.52. The third-order valence-electron chi connectivity index (χ3n) is 2.57. The Morgan fingerprint density at radius 3 is 3.05 bits per heavy atom. The molecule has 3 aromatic rings. The molecule has 0 atom stereocenters. The smallest absolute Gasteiger partial charge is 0.258 e. The molecule has 0 radical (unpaired) electrons. The lowest BCUT2D eigenvalue weighted by Crippen LogP contribution is -2.14. The molecular formula is C13H9IN2O2S. The molecule has 4 nitrogen and oxygen atoms in total. The van der Waals surface area contributed by atoms with E-state index in [0.29, 0.717) is 17.3 Å². The minimum absolute atomic E-state index is 0.0763. The van der Waals surface area contributed by atoms with Gasteiger partial charge in [0.1, 0.15) is 12.4 Å². The Morgan fingerprint density at radius 2 is 2.21 bits per heavy atom. The van der Waals surface area contributed by atoms with E-state index in [1.807, 2.05) is 29.6 Å². The van der Waals surface area contributed by atoms with E-state index in [2.05, 4.69) is 27.6 Å². The van der Waals surface area contributed by atoms with E-state index in [1.54, 1.807) is 6.20 Å². The number of hydrogen-bond donors (Lipinski definition) is 0. The molecule has 0 aliphatic carbocycles. The van der Waals surface area contributed by atoms with E-state index in [0.717, 1.165) is 9.32 Å². The summed E-state index contributed by atoms with van der Waals surface area (Å²) in [4.78, 5) is 16.9. The van der Waals surface area contributed by atoms with E-state index in [-0.39, 0.29) is 5.56 Å². The van der Waals surface area contributed by atoms with Crippen LogP contribution in [0.2, 0.25) is 0 Å². The Morgan fingerprint density at radius 1 is 1.37 bits per heavy atom. The fourth-order valence-electron chi connectivity index (χ4n) is 1.68. The topological polar surface area (TPSA) is 43.6 Å². The molecule has 96 valence electrons. The van der Waals surface area contributed by atoms with Gasteiger partial charge in [-0.1, -0.05) is 12.1 Å². The SMILES string of the molecule is O=c1cc(COc2ccccc2I)nc2sccn12. The number of thiazole rings is 1.